The van der Waals surface area contributed by atoms with E-state index in [4.69, 9.17) is 4.52 Å². The quantitative estimate of drug-likeness (QED) is 0.835. The summed E-state index contributed by atoms with van der Waals surface area (Å²) in [5.74, 6) is 0.310. The van der Waals surface area contributed by atoms with E-state index >= 15 is 0 Å². The number of rotatable bonds is 4. The van der Waals surface area contributed by atoms with E-state index < -0.39 is 10.0 Å². The van der Waals surface area contributed by atoms with Crippen LogP contribution in [0.2, 0.25) is 0 Å². The van der Waals surface area contributed by atoms with Gasteiger partial charge in [0.1, 0.15) is 10.6 Å². The molecule has 0 spiro atoms. The molecule has 5 nitrogen and oxygen atoms in total. The summed E-state index contributed by atoms with van der Waals surface area (Å²) in [4.78, 5) is 0.137. The maximum atomic E-state index is 11.7. The second-order valence-corrected chi connectivity index (χ2v) is 5.24. The molecule has 1 N–H and O–H groups in total. The summed E-state index contributed by atoms with van der Waals surface area (Å²) in [6.45, 7) is 3.51. The van der Waals surface area contributed by atoms with Gasteiger partial charge in [-0.15, -0.1) is 0 Å². The molecule has 80 valence electrons. The number of hydrogen-bond acceptors (Lipinski definition) is 4. The first kappa shape index (κ1) is 11.7. The lowest BCUT2D eigenvalue weighted by Gasteiger charge is -2.03. The van der Waals surface area contributed by atoms with E-state index in [1.807, 2.05) is 0 Å². The lowest BCUT2D eigenvalue weighted by Crippen LogP contribution is -2.26. The van der Waals surface area contributed by atoms with Crippen LogP contribution >= 0.6 is 15.9 Å². The highest BCUT2D eigenvalue weighted by molar-refractivity contribution is 9.09. The van der Waals surface area contributed by atoms with Gasteiger partial charge in [-0.05, 0) is 13.8 Å². The molecule has 0 aliphatic rings. The standard InChI is InChI=1S/C7H11BrN2O3S/c1-5-7(6(2)13-10-5)14(11,12)9-4-3-8/h9H,3-4H2,1-2H3. The number of alkyl halides is 1. The van der Waals surface area contributed by atoms with Crippen molar-refractivity contribution >= 4 is 26.0 Å². The minimum atomic E-state index is -3.48. The smallest absolute Gasteiger partial charge is 0.245 e. The van der Waals surface area contributed by atoms with Crippen molar-refractivity contribution in [1.29, 1.82) is 0 Å². The molecule has 0 unspecified atom stereocenters. The number of nitrogens with one attached hydrogen (secondary N) is 1. The highest BCUT2D eigenvalue weighted by Gasteiger charge is 2.23. The number of halogens is 1. The zero-order valence-corrected chi connectivity index (χ0v) is 10.3. The van der Waals surface area contributed by atoms with Gasteiger partial charge < -0.3 is 4.52 Å². The molecule has 0 atom stereocenters. The fraction of sp³-hybridized carbons (Fsp3) is 0.571. The van der Waals surface area contributed by atoms with Crippen LogP contribution in [0.1, 0.15) is 11.5 Å². The van der Waals surface area contributed by atoms with Gasteiger partial charge in [0.05, 0.1) is 0 Å². The Morgan fingerprint density at radius 3 is 2.57 bits per heavy atom. The van der Waals surface area contributed by atoms with Crippen molar-refractivity contribution in [3.05, 3.63) is 11.5 Å². The molecule has 0 fully saturated rings. The number of aromatic nitrogens is 1. The van der Waals surface area contributed by atoms with E-state index in [1.54, 1.807) is 13.8 Å². The average molecular weight is 283 g/mol. The zero-order chi connectivity index (χ0) is 10.8. The van der Waals surface area contributed by atoms with Gasteiger partial charge >= 0.3 is 0 Å². The lowest BCUT2D eigenvalue weighted by molar-refractivity contribution is 0.390. The third kappa shape index (κ3) is 2.34. The summed E-state index contributed by atoms with van der Waals surface area (Å²) in [6, 6.07) is 0. The van der Waals surface area contributed by atoms with Crippen LogP contribution in [0.4, 0.5) is 0 Å². The maximum absolute atomic E-state index is 11.7. The molecule has 14 heavy (non-hydrogen) atoms. The Morgan fingerprint density at radius 2 is 2.14 bits per heavy atom. The molecule has 1 heterocycles. The molecule has 7 heteroatoms. The Balaban J connectivity index is 3.04. The van der Waals surface area contributed by atoms with Crippen molar-refractivity contribution < 1.29 is 12.9 Å². The number of sulfonamides is 1. The average Bonchev–Trinajstić information content (AvgIpc) is 2.43. The van der Waals surface area contributed by atoms with Gasteiger partial charge in [-0.2, -0.15) is 0 Å². The minimum Gasteiger partial charge on any atom is -0.360 e. The fourth-order valence-electron chi connectivity index (χ4n) is 1.10. The van der Waals surface area contributed by atoms with Gasteiger partial charge in [0, 0.05) is 11.9 Å². The van der Waals surface area contributed by atoms with Gasteiger partial charge in [-0.1, -0.05) is 21.1 Å². The molecule has 1 aromatic rings. The Hall–Kier alpha value is -0.400. The predicted octanol–water partition coefficient (Wildman–Crippen LogP) is 0.965. The van der Waals surface area contributed by atoms with Gasteiger partial charge in [0.25, 0.3) is 0 Å². The van der Waals surface area contributed by atoms with Gasteiger partial charge in [0.15, 0.2) is 5.76 Å². The summed E-state index contributed by atoms with van der Waals surface area (Å²) < 4.78 is 30.5. The van der Waals surface area contributed by atoms with E-state index in [0.717, 1.165) is 0 Å². The topological polar surface area (TPSA) is 72.2 Å². The molecule has 0 radical (unpaired) electrons. The van der Waals surface area contributed by atoms with Crippen LogP contribution in [0.5, 0.6) is 0 Å². The van der Waals surface area contributed by atoms with Crippen LogP contribution in [0, 0.1) is 13.8 Å². The largest absolute Gasteiger partial charge is 0.360 e. The van der Waals surface area contributed by atoms with Crippen LogP contribution in [-0.2, 0) is 10.0 Å². The first-order valence-corrected chi connectivity index (χ1v) is 6.58. The number of hydrogen-bond donors (Lipinski definition) is 1. The molecule has 0 saturated carbocycles. The van der Waals surface area contributed by atoms with E-state index in [0.29, 0.717) is 23.3 Å². The van der Waals surface area contributed by atoms with E-state index in [9.17, 15) is 8.42 Å². The van der Waals surface area contributed by atoms with Crippen LogP contribution in [0.25, 0.3) is 0 Å². The zero-order valence-electron chi connectivity index (χ0n) is 7.87. The van der Waals surface area contributed by atoms with Crippen molar-refractivity contribution in [2.24, 2.45) is 0 Å². The lowest BCUT2D eigenvalue weighted by atomic mass is 10.4. The van der Waals surface area contributed by atoms with Crippen LogP contribution in [0.15, 0.2) is 9.42 Å². The Kier molecular flexibility index (Phi) is 3.68. The third-order valence-electron chi connectivity index (χ3n) is 1.62. The van der Waals surface area contributed by atoms with Crippen molar-refractivity contribution in [2.45, 2.75) is 18.7 Å². The molecule has 0 amide bonds. The molecule has 1 aromatic heterocycles. The summed E-state index contributed by atoms with van der Waals surface area (Å²) in [6.07, 6.45) is 0. The molecular weight excluding hydrogens is 272 g/mol. The molecule has 1 rings (SSSR count). The fourth-order valence-corrected chi connectivity index (χ4v) is 2.92. The summed E-state index contributed by atoms with van der Waals surface area (Å²) in [7, 11) is -3.48. The second kappa shape index (κ2) is 4.41. The Labute approximate surface area is 91.0 Å². The Bertz CT molecular complexity index is 393. The molecular formula is C7H11BrN2O3S. The minimum absolute atomic E-state index is 0.137. The van der Waals surface area contributed by atoms with Crippen molar-refractivity contribution in [2.75, 3.05) is 11.9 Å². The monoisotopic (exact) mass is 282 g/mol. The highest BCUT2D eigenvalue weighted by Crippen LogP contribution is 2.18. The number of aryl methyl sites for hydroxylation is 2. The number of nitrogens with zero attached hydrogens (tertiary/aromatic N) is 1. The van der Waals surface area contributed by atoms with Crippen LogP contribution < -0.4 is 4.72 Å². The van der Waals surface area contributed by atoms with Crippen molar-refractivity contribution in [3.63, 3.8) is 0 Å². The predicted molar refractivity (Wildman–Crippen MR) is 55.0 cm³/mol. The molecule has 0 saturated heterocycles. The SMILES string of the molecule is Cc1noc(C)c1S(=O)(=O)NCCBr. The first-order chi connectivity index (χ1) is 6.49. The van der Waals surface area contributed by atoms with Crippen molar-refractivity contribution in [1.82, 2.24) is 9.88 Å². The molecule has 0 aromatic carbocycles. The summed E-state index contributed by atoms with van der Waals surface area (Å²) in [5.41, 5.74) is 0.379. The Morgan fingerprint density at radius 1 is 1.50 bits per heavy atom. The van der Waals surface area contributed by atoms with E-state index in [-0.39, 0.29) is 4.90 Å². The maximum Gasteiger partial charge on any atom is 0.245 e. The summed E-state index contributed by atoms with van der Waals surface area (Å²) >= 11 is 3.14. The molecule has 0 aliphatic carbocycles. The van der Waals surface area contributed by atoms with Crippen molar-refractivity contribution in [3.8, 4) is 0 Å². The van der Waals surface area contributed by atoms with Crippen LogP contribution in [-0.4, -0.2) is 25.4 Å². The van der Waals surface area contributed by atoms with Gasteiger partial charge in [-0.3, -0.25) is 0 Å². The van der Waals surface area contributed by atoms with Crippen LogP contribution in [0.3, 0.4) is 0 Å². The molecule has 0 aliphatic heterocycles. The van der Waals surface area contributed by atoms with E-state index in [1.165, 1.54) is 0 Å². The third-order valence-corrected chi connectivity index (χ3v) is 3.72. The molecule has 0 bridgehead atoms. The van der Waals surface area contributed by atoms with E-state index in [2.05, 4.69) is 25.8 Å². The second-order valence-electron chi connectivity index (χ2n) is 2.74. The highest BCUT2D eigenvalue weighted by atomic mass is 79.9. The normalized spacial score (nSPS) is 11.9. The van der Waals surface area contributed by atoms with Gasteiger partial charge in [0.2, 0.25) is 10.0 Å². The van der Waals surface area contributed by atoms with Gasteiger partial charge in [-0.25, -0.2) is 13.1 Å². The summed E-state index contributed by atoms with van der Waals surface area (Å²) in [5, 5.41) is 4.15. The first-order valence-electron chi connectivity index (χ1n) is 3.97.